The smallest absolute Gasteiger partial charge is 0.243 e. The molecule has 26 heavy (non-hydrogen) atoms. The highest BCUT2D eigenvalue weighted by Crippen LogP contribution is 2.27. The van der Waals surface area contributed by atoms with Gasteiger partial charge in [0.25, 0.3) is 0 Å². The number of β-amino-alcohol motifs (C(OH)–C–C–N with tert-alkyl or cyclic N) is 2. The number of aromatic nitrogens is 2. The van der Waals surface area contributed by atoms with Crippen LogP contribution in [0.2, 0.25) is 0 Å². The molecule has 2 atom stereocenters. The van der Waals surface area contributed by atoms with Crippen molar-refractivity contribution >= 4 is 10.0 Å². The van der Waals surface area contributed by atoms with Crippen molar-refractivity contribution in [2.45, 2.75) is 30.1 Å². The van der Waals surface area contributed by atoms with Crippen LogP contribution in [-0.4, -0.2) is 64.1 Å². The summed E-state index contributed by atoms with van der Waals surface area (Å²) in [5.74, 6) is 0. The lowest BCUT2D eigenvalue weighted by atomic mass is 10.0. The van der Waals surface area contributed by atoms with Gasteiger partial charge in [-0.2, -0.15) is 9.40 Å². The van der Waals surface area contributed by atoms with E-state index >= 15 is 0 Å². The van der Waals surface area contributed by atoms with Crippen LogP contribution < -0.4 is 5.32 Å². The van der Waals surface area contributed by atoms with E-state index in [1.807, 2.05) is 14.0 Å². The third-order valence-electron chi connectivity index (χ3n) is 4.91. The molecule has 142 valence electrons. The van der Waals surface area contributed by atoms with Crippen LogP contribution in [0.1, 0.15) is 11.3 Å². The van der Waals surface area contributed by atoms with E-state index in [0.29, 0.717) is 6.54 Å². The summed E-state index contributed by atoms with van der Waals surface area (Å²) in [6.07, 6.45) is 0.576. The van der Waals surface area contributed by atoms with Gasteiger partial charge in [-0.25, -0.2) is 8.42 Å². The summed E-state index contributed by atoms with van der Waals surface area (Å²) in [5.41, 5.74) is 0.444. The fraction of sp³-hybridized carbons (Fsp3) is 0.471. The minimum absolute atomic E-state index is 0.0727. The Morgan fingerprint density at radius 2 is 2.04 bits per heavy atom. The molecule has 0 radical (unpaired) electrons. The highest BCUT2D eigenvalue weighted by molar-refractivity contribution is 7.89. The van der Waals surface area contributed by atoms with Gasteiger partial charge in [-0.15, -0.1) is 0 Å². The summed E-state index contributed by atoms with van der Waals surface area (Å²) in [5, 5.41) is 28.3. The number of aryl methyl sites for hydroxylation is 1. The largest absolute Gasteiger partial charge is 0.389 e. The zero-order chi connectivity index (χ0) is 18.9. The Labute approximate surface area is 153 Å². The van der Waals surface area contributed by atoms with Crippen LogP contribution in [0.5, 0.6) is 0 Å². The van der Waals surface area contributed by atoms with Crippen LogP contribution in [0.3, 0.4) is 0 Å². The Balaban J connectivity index is 1.66. The van der Waals surface area contributed by atoms with Gasteiger partial charge < -0.3 is 15.5 Å². The van der Waals surface area contributed by atoms with Crippen molar-refractivity contribution in [2.24, 2.45) is 7.05 Å². The van der Waals surface area contributed by atoms with Crippen molar-refractivity contribution in [3.8, 4) is 0 Å². The Bertz CT molecular complexity index is 868. The Morgan fingerprint density at radius 3 is 2.65 bits per heavy atom. The van der Waals surface area contributed by atoms with Crippen LogP contribution in [-0.2, 0) is 23.6 Å². The molecule has 8 nitrogen and oxygen atoms in total. The molecule has 1 aromatic heterocycles. The SMILES string of the molecule is Cc1c(CNC[C@]2(O)CN(S(=O)(=O)c3ccccc3)C[C@H]2O)cnn1C. The lowest BCUT2D eigenvalue weighted by molar-refractivity contribution is -0.0384. The van der Waals surface area contributed by atoms with Gasteiger partial charge in [-0.1, -0.05) is 18.2 Å². The van der Waals surface area contributed by atoms with E-state index in [1.54, 1.807) is 29.1 Å². The Kier molecular flexibility index (Phi) is 5.18. The minimum Gasteiger partial charge on any atom is -0.389 e. The summed E-state index contributed by atoms with van der Waals surface area (Å²) in [6.45, 7) is 2.19. The van der Waals surface area contributed by atoms with Gasteiger partial charge in [0.2, 0.25) is 10.0 Å². The van der Waals surface area contributed by atoms with Crippen LogP contribution in [0.15, 0.2) is 41.4 Å². The first-order valence-corrected chi connectivity index (χ1v) is 9.82. The molecule has 0 amide bonds. The van der Waals surface area contributed by atoms with Gasteiger partial charge in [-0.05, 0) is 19.1 Å². The van der Waals surface area contributed by atoms with E-state index < -0.39 is 21.7 Å². The molecule has 0 aliphatic carbocycles. The molecule has 1 fully saturated rings. The first-order chi connectivity index (χ1) is 12.2. The average Bonchev–Trinajstić information content (AvgIpc) is 3.10. The molecular weight excluding hydrogens is 356 g/mol. The van der Waals surface area contributed by atoms with Gasteiger partial charge in [0.15, 0.2) is 0 Å². The van der Waals surface area contributed by atoms with Crippen molar-refractivity contribution in [3.05, 3.63) is 47.8 Å². The molecule has 1 saturated heterocycles. The average molecular weight is 380 g/mol. The first kappa shape index (κ1) is 19.0. The number of hydrogen-bond acceptors (Lipinski definition) is 6. The van der Waals surface area contributed by atoms with Crippen LogP contribution in [0, 0.1) is 6.92 Å². The van der Waals surface area contributed by atoms with Crippen molar-refractivity contribution in [3.63, 3.8) is 0 Å². The molecule has 1 aliphatic heterocycles. The standard InChI is InChI=1S/C17H24N4O4S/c1-13-14(9-19-20(13)2)8-18-11-17(23)12-21(10-16(17)22)26(24,25)15-6-4-3-5-7-15/h3-7,9,16,18,22-23H,8,10-12H2,1-2H3/t16-,17+/m1/s1. The van der Waals surface area contributed by atoms with Gasteiger partial charge in [-0.3, -0.25) is 4.68 Å². The molecule has 1 aliphatic rings. The Hall–Kier alpha value is -1.78. The number of aliphatic hydroxyl groups excluding tert-OH is 1. The number of sulfonamides is 1. The Morgan fingerprint density at radius 1 is 1.35 bits per heavy atom. The summed E-state index contributed by atoms with van der Waals surface area (Å²) >= 11 is 0. The fourth-order valence-electron chi connectivity index (χ4n) is 3.07. The predicted octanol–water partition coefficient (Wildman–Crippen LogP) is -0.385. The minimum atomic E-state index is -3.75. The maximum absolute atomic E-state index is 12.7. The third kappa shape index (κ3) is 3.53. The lowest BCUT2D eigenvalue weighted by Gasteiger charge is -2.26. The number of nitrogens with zero attached hydrogens (tertiary/aromatic N) is 3. The number of hydrogen-bond donors (Lipinski definition) is 3. The summed E-state index contributed by atoms with van der Waals surface area (Å²) in [4.78, 5) is 0.149. The summed E-state index contributed by atoms with van der Waals surface area (Å²) in [7, 11) is -1.90. The molecule has 1 aromatic carbocycles. The van der Waals surface area contributed by atoms with E-state index in [1.165, 1.54) is 12.1 Å². The van der Waals surface area contributed by atoms with Crippen LogP contribution in [0.4, 0.5) is 0 Å². The zero-order valence-electron chi connectivity index (χ0n) is 14.8. The monoisotopic (exact) mass is 380 g/mol. The fourth-order valence-corrected chi connectivity index (χ4v) is 4.60. The van der Waals surface area contributed by atoms with E-state index in [2.05, 4.69) is 10.4 Å². The van der Waals surface area contributed by atoms with Crippen molar-refractivity contribution in [1.29, 1.82) is 0 Å². The molecule has 2 heterocycles. The second-order valence-corrected chi connectivity index (χ2v) is 8.65. The zero-order valence-corrected chi connectivity index (χ0v) is 15.6. The van der Waals surface area contributed by atoms with Crippen LogP contribution >= 0.6 is 0 Å². The van der Waals surface area contributed by atoms with Crippen molar-refractivity contribution < 1.29 is 18.6 Å². The van der Waals surface area contributed by atoms with Gasteiger partial charge in [0.05, 0.1) is 17.2 Å². The van der Waals surface area contributed by atoms with Gasteiger partial charge >= 0.3 is 0 Å². The molecule has 0 saturated carbocycles. The lowest BCUT2D eigenvalue weighted by Crippen LogP contribution is -2.50. The highest BCUT2D eigenvalue weighted by Gasteiger charge is 2.48. The molecular formula is C17H24N4O4S. The molecule has 0 bridgehead atoms. The third-order valence-corrected chi connectivity index (χ3v) is 6.74. The quantitative estimate of drug-likeness (QED) is 0.630. The van der Waals surface area contributed by atoms with E-state index in [-0.39, 0.29) is 24.5 Å². The molecule has 9 heteroatoms. The van der Waals surface area contributed by atoms with E-state index in [0.717, 1.165) is 15.6 Å². The first-order valence-electron chi connectivity index (χ1n) is 8.38. The maximum atomic E-state index is 12.7. The molecule has 3 N–H and O–H groups in total. The van der Waals surface area contributed by atoms with Gasteiger partial charge in [0.1, 0.15) is 5.60 Å². The second kappa shape index (κ2) is 7.09. The second-order valence-electron chi connectivity index (χ2n) is 6.71. The molecule has 0 unspecified atom stereocenters. The number of benzene rings is 1. The summed E-state index contributed by atoms with van der Waals surface area (Å²) in [6, 6.07) is 8.02. The van der Waals surface area contributed by atoms with E-state index in [4.69, 9.17) is 0 Å². The predicted molar refractivity (Wildman–Crippen MR) is 95.8 cm³/mol. The number of rotatable bonds is 6. The molecule has 0 spiro atoms. The normalized spacial score (nSPS) is 24.2. The van der Waals surface area contributed by atoms with Crippen molar-refractivity contribution in [1.82, 2.24) is 19.4 Å². The van der Waals surface area contributed by atoms with Gasteiger partial charge in [0, 0.05) is 44.5 Å². The number of aliphatic hydroxyl groups is 2. The van der Waals surface area contributed by atoms with Crippen molar-refractivity contribution in [2.75, 3.05) is 19.6 Å². The molecule has 2 aromatic rings. The maximum Gasteiger partial charge on any atom is 0.243 e. The molecule has 3 rings (SSSR count). The highest BCUT2D eigenvalue weighted by atomic mass is 32.2. The van der Waals surface area contributed by atoms with E-state index in [9.17, 15) is 18.6 Å². The number of nitrogens with one attached hydrogen (secondary N) is 1. The summed E-state index contributed by atoms with van der Waals surface area (Å²) < 4.78 is 28.2. The topological polar surface area (TPSA) is 108 Å². The van der Waals surface area contributed by atoms with Crippen LogP contribution in [0.25, 0.3) is 0 Å².